The van der Waals surface area contributed by atoms with Crippen LogP contribution in [-0.2, 0) is 0 Å². The van der Waals surface area contributed by atoms with E-state index in [0.29, 0.717) is 83.2 Å². The van der Waals surface area contributed by atoms with Gasteiger partial charge in [0.25, 0.3) is 0 Å². The van der Waals surface area contributed by atoms with Crippen LogP contribution >= 0.6 is 0 Å². The summed E-state index contributed by atoms with van der Waals surface area (Å²) in [7, 11) is 3.12. The molecule has 0 aromatic heterocycles. The molecule has 9 heteroatoms. The van der Waals surface area contributed by atoms with Crippen LogP contribution in [0.15, 0.2) is 99.5 Å². The third-order valence-corrected chi connectivity index (χ3v) is 10.4. The van der Waals surface area contributed by atoms with Gasteiger partial charge in [-0.15, -0.1) is 0 Å². The molecule has 1 saturated carbocycles. The Labute approximate surface area is 303 Å². The highest BCUT2D eigenvalue weighted by atomic mass is 16.5. The lowest BCUT2D eigenvalue weighted by molar-refractivity contribution is 0.0989. The first-order valence-corrected chi connectivity index (χ1v) is 17.9. The van der Waals surface area contributed by atoms with E-state index in [1.165, 1.54) is 18.4 Å². The second-order valence-electron chi connectivity index (χ2n) is 13.9. The van der Waals surface area contributed by atoms with Crippen LogP contribution in [0.4, 0.5) is 17.1 Å². The maximum Gasteiger partial charge on any atom is 0.188 e. The molecule has 52 heavy (non-hydrogen) atoms. The molecule has 3 aromatic carbocycles. The van der Waals surface area contributed by atoms with E-state index in [1.54, 1.807) is 44.6 Å². The summed E-state index contributed by atoms with van der Waals surface area (Å²) in [6.45, 7) is 0.659. The van der Waals surface area contributed by atoms with Crippen molar-refractivity contribution in [2.75, 3.05) is 33.2 Å². The summed E-state index contributed by atoms with van der Waals surface area (Å²) in [5.41, 5.74) is 14.4. The molecule has 9 nitrogen and oxygen atoms in total. The molecule has 0 amide bonds. The van der Waals surface area contributed by atoms with Gasteiger partial charge in [0.1, 0.15) is 0 Å². The number of ether oxygens (including phenoxy) is 4. The van der Waals surface area contributed by atoms with Gasteiger partial charge in [-0.2, -0.15) is 0 Å². The fourth-order valence-electron chi connectivity index (χ4n) is 7.34. The highest BCUT2D eigenvalue weighted by molar-refractivity contribution is 6.11. The number of benzene rings is 3. The van der Waals surface area contributed by atoms with Crippen molar-refractivity contribution in [3.05, 3.63) is 106 Å². The van der Waals surface area contributed by atoms with Crippen molar-refractivity contribution in [2.45, 2.75) is 38.5 Å². The number of carbonyl (C=O) groups is 2. The Hall–Kier alpha value is -5.70. The predicted molar refractivity (Wildman–Crippen MR) is 203 cm³/mol. The average Bonchev–Trinajstić information content (AvgIpc) is 3.93. The molecule has 1 fully saturated rings. The molecule has 8 rings (SSSR count). The number of methoxy groups -OCH3 is 2. The van der Waals surface area contributed by atoms with E-state index in [4.69, 9.17) is 34.7 Å². The van der Waals surface area contributed by atoms with Crippen molar-refractivity contribution in [1.29, 1.82) is 0 Å². The lowest BCUT2D eigenvalue weighted by atomic mass is 9.82. The summed E-state index contributed by atoms with van der Waals surface area (Å²) in [4.78, 5) is 36.4. The summed E-state index contributed by atoms with van der Waals surface area (Å²) in [6, 6.07) is 14.8. The third-order valence-electron chi connectivity index (χ3n) is 10.4. The van der Waals surface area contributed by atoms with Crippen molar-refractivity contribution >= 4 is 46.6 Å². The van der Waals surface area contributed by atoms with Crippen LogP contribution in [0, 0.1) is 17.8 Å². The number of fused-ring (bicyclic) bond motifs is 4. The first-order valence-electron chi connectivity index (χ1n) is 17.9. The molecule has 0 saturated heterocycles. The Bertz CT molecular complexity index is 2130. The zero-order valence-electron chi connectivity index (χ0n) is 29.4. The second kappa shape index (κ2) is 14.1. The molecular formula is C43H41N3O6. The predicted octanol–water partition coefficient (Wildman–Crippen LogP) is 8.63. The molecule has 2 N–H and O–H groups in total. The monoisotopic (exact) mass is 695 g/mol. The van der Waals surface area contributed by atoms with E-state index in [0.717, 1.165) is 35.1 Å². The summed E-state index contributed by atoms with van der Waals surface area (Å²) in [5.74, 6) is 2.66. The molecule has 2 atom stereocenters. The van der Waals surface area contributed by atoms with Crippen molar-refractivity contribution in [1.82, 2.24) is 0 Å². The third kappa shape index (κ3) is 6.83. The van der Waals surface area contributed by atoms with E-state index in [1.807, 2.05) is 36.7 Å². The van der Waals surface area contributed by atoms with Crippen LogP contribution in [0.25, 0.3) is 5.57 Å². The Morgan fingerprint density at radius 1 is 0.731 bits per heavy atom. The molecular weight excluding hydrogens is 654 g/mol. The number of allylic oxidation sites excluding steroid dienone is 8. The number of hydrogen-bond acceptors (Lipinski definition) is 9. The molecule has 5 aliphatic rings. The minimum absolute atomic E-state index is 0.00889. The number of anilines is 1. The van der Waals surface area contributed by atoms with Gasteiger partial charge < -0.3 is 24.7 Å². The SMILES string of the molecule is COc1cc2c(cc1OCCCOc1cc3c(cc1OC)C(=O)CC1=CC=C(C4CC4)C[C@H]1C=N3)N=C[C@@H]1CC(c3ccc(N)cc3)=CC1=CC2=O. The van der Waals surface area contributed by atoms with Gasteiger partial charge in [-0.25, -0.2) is 0 Å². The van der Waals surface area contributed by atoms with Crippen LogP contribution in [0.3, 0.4) is 0 Å². The van der Waals surface area contributed by atoms with Gasteiger partial charge in [0.05, 0.1) is 44.4 Å². The number of Topliss-reactive ketones (excluding diaryl/α,β-unsaturated/α-hetero) is 1. The van der Waals surface area contributed by atoms with Crippen molar-refractivity contribution in [3.8, 4) is 23.0 Å². The summed E-state index contributed by atoms with van der Waals surface area (Å²) in [6.07, 6.45) is 17.1. The number of nitrogens with zero attached hydrogens (tertiary/aromatic N) is 2. The number of hydrogen-bond donors (Lipinski definition) is 1. The van der Waals surface area contributed by atoms with E-state index < -0.39 is 0 Å². The van der Waals surface area contributed by atoms with Gasteiger partial charge in [0.2, 0.25) is 0 Å². The minimum Gasteiger partial charge on any atom is -0.493 e. The maximum absolute atomic E-state index is 13.4. The first-order chi connectivity index (χ1) is 25.4. The molecule has 0 radical (unpaired) electrons. The summed E-state index contributed by atoms with van der Waals surface area (Å²) >= 11 is 0. The number of nitrogen functional groups attached to an aromatic ring is 1. The van der Waals surface area contributed by atoms with Crippen molar-refractivity contribution in [2.24, 2.45) is 27.7 Å². The quantitative estimate of drug-likeness (QED) is 0.166. The number of rotatable bonds is 10. The Morgan fingerprint density at radius 2 is 1.37 bits per heavy atom. The summed E-state index contributed by atoms with van der Waals surface area (Å²) < 4.78 is 23.6. The first kappa shape index (κ1) is 33.4. The van der Waals surface area contributed by atoms with Crippen LogP contribution in [0.1, 0.15) is 64.8 Å². The molecule has 3 aliphatic carbocycles. The van der Waals surface area contributed by atoms with Crippen molar-refractivity contribution < 1.29 is 28.5 Å². The van der Waals surface area contributed by atoms with Gasteiger partial charge in [-0.05, 0) is 78.7 Å². The zero-order chi connectivity index (χ0) is 35.8. The smallest absolute Gasteiger partial charge is 0.188 e. The van der Waals surface area contributed by atoms with Gasteiger partial charge >= 0.3 is 0 Å². The fourth-order valence-corrected chi connectivity index (χ4v) is 7.34. The van der Waals surface area contributed by atoms with Gasteiger partial charge in [0.15, 0.2) is 34.6 Å². The van der Waals surface area contributed by atoms with Gasteiger partial charge in [0, 0.05) is 60.5 Å². The largest absolute Gasteiger partial charge is 0.493 e. The summed E-state index contributed by atoms with van der Waals surface area (Å²) in [5, 5.41) is 0. The minimum atomic E-state index is -0.133. The zero-order valence-corrected chi connectivity index (χ0v) is 29.4. The lowest BCUT2D eigenvalue weighted by Gasteiger charge is -2.24. The molecule has 0 unspecified atom stereocenters. The highest BCUT2D eigenvalue weighted by Gasteiger charge is 2.32. The van der Waals surface area contributed by atoms with E-state index in [-0.39, 0.29) is 23.4 Å². The highest BCUT2D eigenvalue weighted by Crippen LogP contribution is 2.45. The lowest BCUT2D eigenvalue weighted by Crippen LogP contribution is -2.17. The van der Waals surface area contributed by atoms with Crippen LogP contribution in [0.5, 0.6) is 23.0 Å². The van der Waals surface area contributed by atoms with Crippen LogP contribution < -0.4 is 24.7 Å². The molecule has 0 bridgehead atoms. The Balaban J connectivity index is 0.922. The number of nitrogens with two attached hydrogens (primary N) is 1. The molecule has 0 spiro atoms. The topological polar surface area (TPSA) is 122 Å². The second-order valence-corrected chi connectivity index (χ2v) is 13.9. The van der Waals surface area contributed by atoms with Crippen molar-refractivity contribution in [3.63, 3.8) is 0 Å². The standard InChI is InChI=1S/C43H41N3O6/c1-49-40-19-34-36(45-23-31-14-27(25-4-5-25)6-7-28(31)17-38(34)47)21-42(40)51-12-3-13-52-43-22-37-35(20-41(43)50-2)39(48)18-30-15-29(16-32(30)24-46-37)26-8-10-33(44)11-9-26/h6-11,15,18-25,31-32H,3-5,12-14,16-17,44H2,1-2H3/t31-,32-/m0/s1. The van der Waals surface area contributed by atoms with E-state index in [2.05, 4.69) is 18.2 Å². The Morgan fingerprint density at radius 3 is 2.04 bits per heavy atom. The molecule has 264 valence electrons. The molecule has 2 heterocycles. The number of aliphatic imine (C=N–C) groups is 2. The van der Waals surface area contributed by atoms with Gasteiger partial charge in [-0.1, -0.05) is 41.5 Å². The number of ketones is 2. The maximum atomic E-state index is 13.4. The Kier molecular flexibility index (Phi) is 9.09. The van der Waals surface area contributed by atoms with E-state index >= 15 is 0 Å². The number of carbonyl (C=O) groups excluding carboxylic acids is 2. The fraction of sp³-hybridized carbons (Fsp3) is 0.302. The van der Waals surface area contributed by atoms with Crippen LogP contribution in [-0.4, -0.2) is 51.4 Å². The molecule has 2 aliphatic heterocycles. The average molecular weight is 696 g/mol. The molecule has 3 aromatic rings. The van der Waals surface area contributed by atoms with Gasteiger partial charge in [-0.3, -0.25) is 19.6 Å². The van der Waals surface area contributed by atoms with Crippen LogP contribution in [0.2, 0.25) is 0 Å². The normalized spacial score (nSPS) is 20.3. The van der Waals surface area contributed by atoms with E-state index in [9.17, 15) is 9.59 Å².